The second-order valence-corrected chi connectivity index (χ2v) is 17.3. The van der Waals surface area contributed by atoms with Gasteiger partial charge in [0, 0.05) is 10.6 Å². The normalized spacial score (nSPS) is 30.2. The predicted molar refractivity (Wildman–Crippen MR) is 138 cm³/mol. The van der Waals surface area contributed by atoms with E-state index in [1.165, 1.54) is 25.7 Å². The fraction of sp³-hybridized carbons (Fsp3) is 0.929. The number of rotatable bonds is 6. The third-order valence-electron chi connectivity index (χ3n) is 9.60. The number of alkyl halides is 4. The summed E-state index contributed by atoms with van der Waals surface area (Å²) in [5, 5.41) is 0.155. The van der Waals surface area contributed by atoms with Crippen LogP contribution >= 0.6 is 15.8 Å². The average molecular weight is 519 g/mol. The first-order chi connectivity index (χ1) is 16.4. The average Bonchev–Trinajstić information content (AvgIpc) is 2.88. The third kappa shape index (κ3) is 4.79. The Hall–Kier alpha value is 0.320. The smallest absolute Gasteiger partial charge is 0.194 e. The van der Waals surface area contributed by atoms with Crippen molar-refractivity contribution >= 4 is 15.8 Å². The van der Waals surface area contributed by atoms with Crippen LogP contribution in [0.15, 0.2) is 10.6 Å². The van der Waals surface area contributed by atoms with Crippen molar-refractivity contribution < 1.29 is 17.6 Å². The second-order valence-electron chi connectivity index (χ2n) is 11.8. The molecule has 0 aromatic carbocycles. The molecular weight excluding hydrogens is 474 g/mol. The Bertz CT molecular complexity index is 616. The van der Waals surface area contributed by atoms with Crippen LogP contribution in [0.3, 0.4) is 0 Å². The van der Waals surface area contributed by atoms with Crippen LogP contribution in [0.1, 0.15) is 128 Å². The summed E-state index contributed by atoms with van der Waals surface area (Å²) in [4.78, 5) is 0. The van der Waals surface area contributed by atoms with E-state index < -0.39 is 27.7 Å². The lowest BCUT2D eigenvalue weighted by Crippen LogP contribution is -2.55. The SMILES string of the molecule is FC1(F)C(P(C2CCCCC2)C2CCCCC2)=C(P(C2CCCCC2)C2CCCCC2)C1(F)F. The molecule has 0 unspecified atom stereocenters. The summed E-state index contributed by atoms with van der Waals surface area (Å²) in [5.41, 5.74) is 1.03. The zero-order chi connectivity index (χ0) is 23.8. The van der Waals surface area contributed by atoms with Crippen molar-refractivity contribution in [2.45, 2.75) is 163 Å². The summed E-state index contributed by atoms with van der Waals surface area (Å²) in [6, 6.07) is 0. The van der Waals surface area contributed by atoms with E-state index in [-0.39, 0.29) is 33.3 Å². The fourth-order valence-corrected chi connectivity index (χ4v) is 16.6. The molecule has 0 aromatic rings. The zero-order valence-corrected chi connectivity index (χ0v) is 22.6. The standard InChI is InChI=1S/C28H44F4P2/c29-27(30)25(33(21-13-5-1-6-14-21)22-15-7-2-8-16-22)26(28(27,31)32)34(23-17-9-3-10-18-23)24-19-11-4-12-20-24/h21-24H,1-20H2. The van der Waals surface area contributed by atoms with Gasteiger partial charge in [0.25, 0.3) is 0 Å². The molecule has 0 spiro atoms. The first-order valence-electron chi connectivity index (χ1n) is 14.5. The quantitative estimate of drug-likeness (QED) is 0.242. The zero-order valence-electron chi connectivity index (χ0n) is 20.9. The maximum absolute atomic E-state index is 15.7. The Morgan fingerprint density at radius 2 is 0.588 bits per heavy atom. The molecule has 4 fully saturated rings. The number of allylic oxidation sites excluding steroid dienone is 2. The maximum atomic E-state index is 15.7. The number of hydrogen-bond acceptors (Lipinski definition) is 0. The van der Waals surface area contributed by atoms with Crippen molar-refractivity contribution in [3.05, 3.63) is 10.6 Å². The first kappa shape index (κ1) is 25.9. The molecule has 0 heterocycles. The highest BCUT2D eigenvalue weighted by Gasteiger charge is 2.74. The maximum Gasteiger partial charge on any atom is 0.340 e. The first-order valence-corrected chi connectivity index (χ1v) is 17.5. The van der Waals surface area contributed by atoms with Crippen LogP contribution in [0.4, 0.5) is 17.6 Å². The van der Waals surface area contributed by atoms with Crippen molar-refractivity contribution in [1.82, 2.24) is 0 Å². The van der Waals surface area contributed by atoms with Gasteiger partial charge in [-0.05, 0) is 74.0 Å². The molecule has 0 saturated heterocycles. The van der Waals surface area contributed by atoms with Crippen LogP contribution in [-0.4, -0.2) is 34.5 Å². The second kappa shape index (κ2) is 11.0. The lowest BCUT2D eigenvalue weighted by molar-refractivity contribution is -0.177. The van der Waals surface area contributed by atoms with Gasteiger partial charge in [0.05, 0.1) is 0 Å². The summed E-state index contributed by atoms with van der Waals surface area (Å²) in [7, 11) is -2.33. The van der Waals surface area contributed by atoms with E-state index in [2.05, 4.69) is 0 Å². The molecule has 0 aromatic heterocycles. The summed E-state index contributed by atoms with van der Waals surface area (Å²) in [6.45, 7) is 0. The number of halogens is 4. The Kier molecular flexibility index (Phi) is 8.37. The predicted octanol–water partition coefficient (Wildman–Crippen LogP) is 10.8. The van der Waals surface area contributed by atoms with Crippen LogP contribution in [0, 0.1) is 0 Å². The van der Waals surface area contributed by atoms with Gasteiger partial charge in [-0.25, -0.2) is 0 Å². The Labute approximate surface area is 207 Å². The molecular formula is C28H44F4P2. The van der Waals surface area contributed by atoms with Gasteiger partial charge >= 0.3 is 11.8 Å². The molecule has 0 atom stereocenters. The van der Waals surface area contributed by atoms with E-state index in [0.717, 1.165) is 103 Å². The lowest BCUT2D eigenvalue weighted by atomic mass is 9.98. The molecule has 0 amide bonds. The van der Waals surface area contributed by atoms with Crippen LogP contribution < -0.4 is 0 Å². The van der Waals surface area contributed by atoms with E-state index >= 15 is 17.6 Å². The Morgan fingerprint density at radius 1 is 0.382 bits per heavy atom. The van der Waals surface area contributed by atoms with Crippen LogP contribution in [0.2, 0.25) is 0 Å². The van der Waals surface area contributed by atoms with Crippen LogP contribution in [-0.2, 0) is 0 Å². The molecule has 34 heavy (non-hydrogen) atoms. The lowest BCUT2D eigenvalue weighted by Gasteiger charge is -2.54. The fourth-order valence-electron chi connectivity index (χ4n) is 7.86. The molecule has 0 N–H and O–H groups in total. The topological polar surface area (TPSA) is 0 Å². The van der Waals surface area contributed by atoms with Crippen molar-refractivity contribution in [2.24, 2.45) is 0 Å². The van der Waals surface area contributed by atoms with Gasteiger partial charge < -0.3 is 0 Å². The van der Waals surface area contributed by atoms with Gasteiger partial charge in [-0.15, -0.1) is 0 Å². The summed E-state index contributed by atoms with van der Waals surface area (Å²) in [5.74, 6) is -7.79. The minimum absolute atomic E-state index is 0.0774. The summed E-state index contributed by atoms with van der Waals surface area (Å²) < 4.78 is 62.8. The molecule has 0 nitrogen and oxygen atoms in total. The van der Waals surface area contributed by atoms with Gasteiger partial charge in [-0.3, -0.25) is 0 Å². The van der Waals surface area contributed by atoms with Gasteiger partial charge in [0.2, 0.25) is 0 Å². The highest BCUT2D eigenvalue weighted by atomic mass is 31.1. The van der Waals surface area contributed by atoms with Gasteiger partial charge in [-0.1, -0.05) is 92.9 Å². The van der Waals surface area contributed by atoms with Gasteiger partial charge in [-0.2, -0.15) is 17.6 Å². The van der Waals surface area contributed by atoms with E-state index in [4.69, 9.17) is 0 Å². The molecule has 194 valence electrons. The van der Waals surface area contributed by atoms with E-state index in [9.17, 15) is 0 Å². The monoisotopic (exact) mass is 518 g/mol. The number of hydrogen-bond donors (Lipinski definition) is 0. The highest BCUT2D eigenvalue weighted by molar-refractivity contribution is 7.68. The minimum atomic E-state index is -3.90. The largest absolute Gasteiger partial charge is 0.340 e. The molecule has 0 radical (unpaired) electrons. The summed E-state index contributed by atoms with van der Waals surface area (Å²) in [6.07, 6.45) is 21.4. The van der Waals surface area contributed by atoms with Crippen molar-refractivity contribution in [1.29, 1.82) is 0 Å². The van der Waals surface area contributed by atoms with Crippen molar-refractivity contribution in [3.63, 3.8) is 0 Å². The Morgan fingerprint density at radius 3 is 0.794 bits per heavy atom. The molecule has 0 aliphatic heterocycles. The summed E-state index contributed by atoms with van der Waals surface area (Å²) >= 11 is 0. The van der Waals surface area contributed by atoms with Crippen molar-refractivity contribution in [2.75, 3.05) is 0 Å². The molecule has 6 heteroatoms. The molecule has 5 aliphatic carbocycles. The van der Waals surface area contributed by atoms with Gasteiger partial charge in [0.1, 0.15) is 0 Å². The molecule has 5 rings (SSSR count). The molecule has 4 saturated carbocycles. The van der Waals surface area contributed by atoms with Gasteiger partial charge in [0.15, 0.2) is 0 Å². The molecule has 5 aliphatic rings. The Balaban J connectivity index is 1.60. The highest BCUT2D eigenvalue weighted by Crippen LogP contribution is 2.80. The van der Waals surface area contributed by atoms with Crippen LogP contribution in [0.5, 0.6) is 0 Å². The minimum Gasteiger partial charge on any atom is -0.194 e. The van der Waals surface area contributed by atoms with E-state index in [0.29, 0.717) is 0 Å². The van der Waals surface area contributed by atoms with Crippen LogP contribution in [0.25, 0.3) is 0 Å². The van der Waals surface area contributed by atoms with E-state index in [1.54, 1.807) is 0 Å². The van der Waals surface area contributed by atoms with E-state index in [1.807, 2.05) is 0 Å². The molecule has 0 bridgehead atoms. The van der Waals surface area contributed by atoms with Crippen molar-refractivity contribution in [3.8, 4) is 0 Å². The third-order valence-corrected chi connectivity index (χ3v) is 17.0.